The summed E-state index contributed by atoms with van der Waals surface area (Å²) < 4.78 is 29.2. The Kier molecular flexibility index (Phi) is 8.04. The van der Waals surface area contributed by atoms with E-state index in [1.165, 1.54) is 0 Å². The summed E-state index contributed by atoms with van der Waals surface area (Å²) in [4.78, 5) is 11.3. The van der Waals surface area contributed by atoms with E-state index in [-0.39, 0.29) is 0 Å². The average Bonchev–Trinajstić information content (AvgIpc) is 2.98. The lowest BCUT2D eigenvalue weighted by Crippen LogP contribution is -2.49. The van der Waals surface area contributed by atoms with Crippen molar-refractivity contribution in [2.24, 2.45) is 0 Å². The molecule has 0 unspecified atom stereocenters. The van der Waals surface area contributed by atoms with Crippen LogP contribution >= 0.6 is 0 Å². The summed E-state index contributed by atoms with van der Waals surface area (Å²) >= 11 is 0. The molecule has 3 heterocycles. The van der Waals surface area contributed by atoms with Gasteiger partial charge in [0.15, 0.2) is 0 Å². The number of hydrogen-bond acceptors (Lipinski definition) is 8. The molecular formula is C30H33N7O2S. The smallest absolute Gasteiger partial charge is 0.243 e. The molecule has 40 heavy (non-hydrogen) atoms. The van der Waals surface area contributed by atoms with Crippen LogP contribution < -0.4 is 9.80 Å². The molecule has 0 amide bonds. The van der Waals surface area contributed by atoms with Crippen LogP contribution in [0.4, 0.5) is 11.5 Å². The van der Waals surface area contributed by atoms with Crippen molar-refractivity contribution in [3.05, 3.63) is 82.5 Å². The number of sulfonamides is 1. The minimum Gasteiger partial charge on any atom is -0.368 e. The maximum atomic E-state index is 13.8. The Bertz CT molecular complexity index is 1580. The SMILES string of the molecule is Cc1cc(C)c(S(=O)(=O)N2CCN(c3ccccc3C#N)CC2)cc1CN1CCN(c2ncccc2C#N)CC1. The molecule has 0 spiro atoms. The number of rotatable bonds is 6. The van der Waals surface area contributed by atoms with Crippen LogP contribution in [0.3, 0.4) is 0 Å². The molecule has 2 aromatic carbocycles. The number of aromatic nitrogens is 1. The number of pyridine rings is 1. The highest BCUT2D eigenvalue weighted by Gasteiger charge is 2.31. The lowest BCUT2D eigenvalue weighted by Gasteiger charge is -2.36. The monoisotopic (exact) mass is 555 g/mol. The third kappa shape index (κ3) is 5.52. The highest BCUT2D eigenvalue weighted by atomic mass is 32.2. The zero-order valence-corrected chi connectivity index (χ0v) is 23.7. The first kappa shape index (κ1) is 27.6. The summed E-state index contributed by atoms with van der Waals surface area (Å²) in [5.74, 6) is 0.723. The molecule has 0 saturated carbocycles. The van der Waals surface area contributed by atoms with E-state index in [1.54, 1.807) is 28.7 Å². The van der Waals surface area contributed by atoms with E-state index in [9.17, 15) is 18.9 Å². The second-order valence-corrected chi connectivity index (χ2v) is 12.2. The summed E-state index contributed by atoms with van der Waals surface area (Å²) in [5.41, 5.74) is 4.87. The first-order valence-electron chi connectivity index (χ1n) is 13.5. The summed E-state index contributed by atoms with van der Waals surface area (Å²) in [6, 6.07) is 19.3. The molecule has 0 atom stereocenters. The van der Waals surface area contributed by atoms with Crippen LogP contribution in [0.25, 0.3) is 0 Å². The molecule has 9 nitrogen and oxygen atoms in total. The molecular weight excluding hydrogens is 522 g/mol. The Morgan fingerprint density at radius 1 is 0.800 bits per heavy atom. The fourth-order valence-electron chi connectivity index (χ4n) is 5.57. The van der Waals surface area contributed by atoms with Gasteiger partial charge in [-0.1, -0.05) is 18.2 Å². The van der Waals surface area contributed by atoms with Crippen LogP contribution in [0.5, 0.6) is 0 Å². The van der Waals surface area contributed by atoms with Crippen molar-refractivity contribution >= 4 is 21.5 Å². The number of anilines is 2. The van der Waals surface area contributed by atoms with E-state index in [1.807, 2.05) is 44.2 Å². The maximum absolute atomic E-state index is 13.8. The summed E-state index contributed by atoms with van der Waals surface area (Å²) in [5, 5.41) is 18.9. The highest BCUT2D eigenvalue weighted by molar-refractivity contribution is 7.89. The standard InChI is InChI=1S/C30H33N7O2S/c1-23-18-24(2)29(40(38,39)37-16-14-35(15-17-37)28-8-4-3-6-25(28)20-31)19-27(23)22-34-10-12-36(13-11-34)30-26(21-32)7-5-9-33-30/h3-9,18-19H,10-17,22H2,1-2H3. The van der Waals surface area contributed by atoms with Crippen molar-refractivity contribution in [2.45, 2.75) is 25.3 Å². The van der Waals surface area contributed by atoms with Gasteiger partial charge in [0, 0.05) is 65.1 Å². The zero-order chi connectivity index (χ0) is 28.3. The van der Waals surface area contributed by atoms with Gasteiger partial charge in [-0.25, -0.2) is 13.4 Å². The van der Waals surface area contributed by atoms with Crippen molar-refractivity contribution in [2.75, 3.05) is 62.2 Å². The zero-order valence-electron chi connectivity index (χ0n) is 22.9. The van der Waals surface area contributed by atoms with Gasteiger partial charge in [0.2, 0.25) is 10.0 Å². The van der Waals surface area contributed by atoms with Gasteiger partial charge < -0.3 is 9.80 Å². The van der Waals surface area contributed by atoms with Crippen LogP contribution in [-0.4, -0.2) is 75.0 Å². The fourth-order valence-corrected chi connectivity index (χ4v) is 7.25. The molecule has 3 aromatic rings. The summed E-state index contributed by atoms with van der Waals surface area (Å²) in [6.45, 7) is 9.45. The van der Waals surface area contributed by atoms with Gasteiger partial charge in [0.05, 0.1) is 21.7 Å². The van der Waals surface area contributed by atoms with Crippen molar-refractivity contribution < 1.29 is 8.42 Å². The molecule has 2 aliphatic heterocycles. The van der Waals surface area contributed by atoms with Crippen LogP contribution in [0.15, 0.2) is 59.6 Å². The maximum Gasteiger partial charge on any atom is 0.243 e. The number of aryl methyl sites for hydroxylation is 2. The number of benzene rings is 2. The highest BCUT2D eigenvalue weighted by Crippen LogP contribution is 2.28. The Labute approximate surface area is 236 Å². The first-order chi connectivity index (χ1) is 19.3. The molecule has 1 aromatic heterocycles. The van der Waals surface area contributed by atoms with E-state index in [2.05, 4.69) is 31.8 Å². The minimum absolute atomic E-state index is 0.366. The Morgan fingerprint density at radius 3 is 2.15 bits per heavy atom. The minimum atomic E-state index is -3.67. The summed E-state index contributed by atoms with van der Waals surface area (Å²) in [7, 11) is -3.67. The van der Waals surface area contributed by atoms with Gasteiger partial charge in [-0.05, 0) is 60.9 Å². The van der Waals surface area contributed by atoms with Crippen LogP contribution in [0, 0.1) is 36.5 Å². The molecule has 0 radical (unpaired) electrons. The van der Waals surface area contributed by atoms with Crippen molar-refractivity contribution in [3.63, 3.8) is 0 Å². The fraction of sp³-hybridized carbons (Fsp3) is 0.367. The van der Waals surface area contributed by atoms with E-state index in [4.69, 9.17) is 0 Å². The molecule has 206 valence electrons. The van der Waals surface area contributed by atoms with Gasteiger partial charge >= 0.3 is 0 Å². The molecule has 0 N–H and O–H groups in total. The Hall–Kier alpha value is -3.96. The van der Waals surface area contributed by atoms with Gasteiger partial charge in [0.25, 0.3) is 0 Å². The Balaban J connectivity index is 1.27. The van der Waals surface area contributed by atoms with Crippen molar-refractivity contribution in [3.8, 4) is 12.1 Å². The Morgan fingerprint density at radius 2 is 1.45 bits per heavy atom. The predicted octanol–water partition coefficient (Wildman–Crippen LogP) is 3.27. The molecule has 0 aliphatic carbocycles. The molecule has 2 fully saturated rings. The molecule has 2 saturated heterocycles. The third-order valence-electron chi connectivity index (χ3n) is 7.83. The summed E-state index contributed by atoms with van der Waals surface area (Å²) in [6.07, 6.45) is 1.71. The topological polar surface area (TPSA) is 108 Å². The number of nitrogens with zero attached hydrogens (tertiary/aromatic N) is 7. The molecule has 10 heteroatoms. The van der Waals surface area contributed by atoms with Gasteiger partial charge in [-0.15, -0.1) is 0 Å². The normalized spacial score (nSPS) is 16.9. The molecule has 2 aliphatic rings. The van der Waals surface area contributed by atoms with Crippen molar-refractivity contribution in [1.82, 2.24) is 14.2 Å². The first-order valence-corrected chi connectivity index (χ1v) is 14.9. The molecule has 0 bridgehead atoms. The number of hydrogen-bond donors (Lipinski definition) is 0. The van der Waals surface area contributed by atoms with Gasteiger partial charge in [-0.3, -0.25) is 4.90 Å². The van der Waals surface area contributed by atoms with E-state index >= 15 is 0 Å². The second kappa shape index (κ2) is 11.6. The van der Waals surface area contributed by atoms with Gasteiger partial charge in [-0.2, -0.15) is 14.8 Å². The van der Waals surface area contributed by atoms with E-state index < -0.39 is 10.0 Å². The van der Waals surface area contributed by atoms with E-state index in [0.29, 0.717) is 48.7 Å². The van der Waals surface area contributed by atoms with Crippen LogP contribution in [0.1, 0.15) is 27.8 Å². The van der Waals surface area contributed by atoms with Crippen molar-refractivity contribution in [1.29, 1.82) is 10.5 Å². The number of para-hydroxylation sites is 1. The van der Waals surface area contributed by atoms with Crippen LogP contribution in [0.2, 0.25) is 0 Å². The number of nitriles is 2. The largest absolute Gasteiger partial charge is 0.368 e. The average molecular weight is 556 g/mol. The molecule has 5 rings (SSSR count). The quantitative estimate of drug-likeness (QED) is 0.456. The number of piperazine rings is 2. The lowest BCUT2D eigenvalue weighted by atomic mass is 10.0. The predicted molar refractivity (Wildman–Crippen MR) is 154 cm³/mol. The third-order valence-corrected chi connectivity index (χ3v) is 9.87. The van der Waals surface area contributed by atoms with Gasteiger partial charge in [0.1, 0.15) is 18.0 Å². The van der Waals surface area contributed by atoms with E-state index in [0.717, 1.165) is 54.4 Å². The lowest BCUT2D eigenvalue weighted by molar-refractivity contribution is 0.248. The second-order valence-electron chi connectivity index (χ2n) is 10.3. The van der Waals surface area contributed by atoms with Crippen LogP contribution in [-0.2, 0) is 16.6 Å².